The van der Waals surface area contributed by atoms with Crippen molar-refractivity contribution in [3.8, 4) is 11.8 Å². The molecule has 0 unspecified atom stereocenters. The van der Waals surface area contributed by atoms with Gasteiger partial charge in [-0.2, -0.15) is 0 Å². The molecule has 2 rings (SSSR count). The van der Waals surface area contributed by atoms with Gasteiger partial charge >= 0.3 is 0 Å². The summed E-state index contributed by atoms with van der Waals surface area (Å²) in [5, 5.41) is 0. The van der Waals surface area contributed by atoms with E-state index in [9.17, 15) is 4.39 Å². The van der Waals surface area contributed by atoms with Gasteiger partial charge in [0.15, 0.2) is 0 Å². The van der Waals surface area contributed by atoms with Crippen LogP contribution in [0, 0.1) is 23.6 Å². The smallest absolute Gasteiger partial charge is 0.138 e. The van der Waals surface area contributed by atoms with Crippen LogP contribution in [0.4, 0.5) is 4.39 Å². The van der Waals surface area contributed by atoms with Crippen LogP contribution >= 0.6 is 0 Å². The van der Waals surface area contributed by atoms with Crippen molar-refractivity contribution in [2.24, 2.45) is 5.92 Å². The summed E-state index contributed by atoms with van der Waals surface area (Å²) in [6.07, 6.45) is 6.24. The van der Waals surface area contributed by atoms with E-state index in [0.717, 1.165) is 0 Å². The Morgan fingerprint density at radius 2 is 1.80 bits per heavy atom. The Morgan fingerprint density at radius 1 is 1.07 bits per heavy atom. The zero-order valence-corrected chi connectivity index (χ0v) is 8.80. The molecule has 0 amide bonds. The van der Waals surface area contributed by atoms with Crippen LogP contribution in [0.25, 0.3) is 0 Å². The maximum atomic E-state index is 13.2. The first kappa shape index (κ1) is 10.2. The van der Waals surface area contributed by atoms with Gasteiger partial charge in [-0.3, -0.25) is 0 Å². The van der Waals surface area contributed by atoms with Crippen LogP contribution in [0.2, 0.25) is 0 Å². The third-order valence-electron chi connectivity index (χ3n) is 2.89. The average molecular weight is 202 g/mol. The fraction of sp³-hybridized carbons (Fsp3) is 0.429. The molecule has 15 heavy (non-hydrogen) atoms. The van der Waals surface area contributed by atoms with Gasteiger partial charge in [0.2, 0.25) is 0 Å². The van der Waals surface area contributed by atoms with Gasteiger partial charge in [-0.05, 0) is 25.0 Å². The molecule has 1 aromatic rings. The molecule has 1 fully saturated rings. The van der Waals surface area contributed by atoms with Crippen LogP contribution in [-0.4, -0.2) is 0 Å². The maximum absolute atomic E-state index is 13.2. The summed E-state index contributed by atoms with van der Waals surface area (Å²) in [4.78, 5) is 0. The maximum Gasteiger partial charge on any atom is 0.138 e. The molecule has 0 N–H and O–H groups in total. The molecule has 0 spiro atoms. The summed E-state index contributed by atoms with van der Waals surface area (Å²) in [6, 6.07) is 6.73. The second kappa shape index (κ2) is 4.98. The van der Waals surface area contributed by atoms with Gasteiger partial charge < -0.3 is 0 Å². The van der Waals surface area contributed by atoms with Gasteiger partial charge in [0.25, 0.3) is 0 Å². The first-order valence-corrected chi connectivity index (χ1v) is 5.62. The predicted molar refractivity (Wildman–Crippen MR) is 59.9 cm³/mol. The highest BCUT2D eigenvalue weighted by Gasteiger charge is 2.09. The highest BCUT2D eigenvalue weighted by Crippen LogP contribution is 2.22. The van der Waals surface area contributed by atoms with E-state index in [1.807, 2.05) is 6.07 Å². The molecule has 1 saturated carbocycles. The highest BCUT2D eigenvalue weighted by atomic mass is 19.1. The molecule has 0 aliphatic heterocycles. The van der Waals surface area contributed by atoms with Crippen LogP contribution in [0.3, 0.4) is 0 Å². The van der Waals surface area contributed by atoms with Crippen molar-refractivity contribution in [3.05, 3.63) is 35.6 Å². The first-order chi connectivity index (χ1) is 7.36. The second-order valence-corrected chi connectivity index (χ2v) is 4.08. The standard InChI is InChI=1S/C14H15F/c15-14-9-5-4-8-13(14)11-10-12-6-2-1-3-7-12/h4-5,8-9,12H,1-3,6-7H2. The van der Waals surface area contributed by atoms with Crippen molar-refractivity contribution in [1.82, 2.24) is 0 Å². The van der Waals surface area contributed by atoms with Crippen molar-refractivity contribution in [2.45, 2.75) is 32.1 Å². The SMILES string of the molecule is Fc1ccccc1C#CC1CCCCC1. The van der Waals surface area contributed by atoms with E-state index in [4.69, 9.17) is 0 Å². The van der Waals surface area contributed by atoms with Crippen molar-refractivity contribution in [1.29, 1.82) is 0 Å². The quantitative estimate of drug-likeness (QED) is 0.562. The average Bonchev–Trinajstić information content (AvgIpc) is 2.29. The van der Waals surface area contributed by atoms with Gasteiger partial charge in [0.1, 0.15) is 5.82 Å². The molecule has 0 saturated heterocycles. The minimum Gasteiger partial charge on any atom is -0.206 e. The fourth-order valence-corrected chi connectivity index (χ4v) is 1.99. The molecule has 1 heteroatoms. The molecule has 0 heterocycles. The summed E-state index contributed by atoms with van der Waals surface area (Å²) >= 11 is 0. The molecule has 78 valence electrons. The second-order valence-electron chi connectivity index (χ2n) is 4.08. The summed E-state index contributed by atoms with van der Waals surface area (Å²) in [6.45, 7) is 0. The number of hydrogen-bond donors (Lipinski definition) is 0. The lowest BCUT2D eigenvalue weighted by atomic mass is 9.90. The minimum absolute atomic E-state index is 0.208. The number of halogens is 1. The Kier molecular flexibility index (Phi) is 3.40. The molecular weight excluding hydrogens is 187 g/mol. The monoisotopic (exact) mass is 202 g/mol. The Morgan fingerprint density at radius 3 is 2.53 bits per heavy atom. The Labute approximate surface area is 90.5 Å². The number of hydrogen-bond acceptors (Lipinski definition) is 0. The van der Waals surface area contributed by atoms with E-state index in [-0.39, 0.29) is 5.82 Å². The van der Waals surface area contributed by atoms with Crippen LogP contribution in [0.1, 0.15) is 37.7 Å². The first-order valence-electron chi connectivity index (χ1n) is 5.62. The Bertz CT molecular complexity index is 378. The van der Waals surface area contributed by atoms with Crippen molar-refractivity contribution in [3.63, 3.8) is 0 Å². The highest BCUT2D eigenvalue weighted by molar-refractivity contribution is 5.35. The molecule has 1 aliphatic carbocycles. The molecule has 1 aromatic carbocycles. The van der Waals surface area contributed by atoms with Crippen molar-refractivity contribution >= 4 is 0 Å². The van der Waals surface area contributed by atoms with Crippen molar-refractivity contribution in [2.75, 3.05) is 0 Å². The fourth-order valence-electron chi connectivity index (χ4n) is 1.99. The lowest BCUT2D eigenvalue weighted by molar-refractivity contribution is 0.430. The number of benzene rings is 1. The van der Waals surface area contributed by atoms with E-state index in [1.54, 1.807) is 12.1 Å². The lowest BCUT2D eigenvalue weighted by Crippen LogP contribution is -2.03. The predicted octanol–water partition coefficient (Wildman–Crippen LogP) is 3.76. The molecule has 0 atom stereocenters. The normalized spacial score (nSPS) is 16.9. The van der Waals surface area contributed by atoms with Crippen molar-refractivity contribution < 1.29 is 4.39 Å². The largest absolute Gasteiger partial charge is 0.206 e. The minimum atomic E-state index is -0.208. The Hall–Kier alpha value is -1.29. The summed E-state index contributed by atoms with van der Waals surface area (Å²) < 4.78 is 13.2. The van der Waals surface area contributed by atoms with E-state index in [1.165, 1.54) is 38.2 Å². The van der Waals surface area contributed by atoms with E-state index >= 15 is 0 Å². The summed E-state index contributed by atoms with van der Waals surface area (Å²) in [5.41, 5.74) is 0.531. The molecule has 0 bridgehead atoms. The van der Waals surface area contributed by atoms with E-state index in [2.05, 4.69) is 11.8 Å². The third-order valence-corrected chi connectivity index (χ3v) is 2.89. The molecule has 0 nitrogen and oxygen atoms in total. The Balaban J connectivity index is 2.07. The van der Waals surface area contributed by atoms with Crippen LogP contribution < -0.4 is 0 Å². The number of rotatable bonds is 0. The van der Waals surface area contributed by atoms with Crippen LogP contribution in [0.5, 0.6) is 0 Å². The van der Waals surface area contributed by atoms with Gasteiger partial charge in [-0.1, -0.05) is 43.2 Å². The molecular formula is C14H15F. The van der Waals surface area contributed by atoms with Gasteiger partial charge in [0, 0.05) is 5.92 Å². The van der Waals surface area contributed by atoms with Gasteiger partial charge in [-0.15, -0.1) is 0 Å². The molecule has 0 radical (unpaired) electrons. The third kappa shape index (κ3) is 2.83. The summed E-state index contributed by atoms with van der Waals surface area (Å²) in [5.74, 6) is 6.42. The van der Waals surface area contributed by atoms with Crippen LogP contribution in [-0.2, 0) is 0 Å². The topological polar surface area (TPSA) is 0 Å². The summed E-state index contributed by atoms with van der Waals surface area (Å²) in [7, 11) is 0. The molecule has 1 aliphatic rings. The lowest BCUT2D eigenvalue weighted by Gasteiger charge is -2.15. The zero-order chi connectivity index (χ0) is 10.5. The van der Waals surface area contributed by atoms with E-state index < -0.39 is 0 Å². The molecule has 0 aromatic heterocycles. The van der Waals surface area contributed by atoms with E-state index in [0.29, 0.717) is 11.5 Å². The van der Waals surface area contributed by atoms with Crippen LogP contribution in [0.15, 0.2) is 24.3 Å². The van der Waals surface area contributed by atoms with Gasteiger partial charge in [0.05, 0.1) is 5.56 Å². The van der Waals surface area contributed by atoms with Gasteiger partial charge in [-0.25, -0.2) is 4.39 Å². The zero-order valence-electron chi connectivity index (χ0n) is 8.80.